The minimum atomic E-state index is -0.130. The van der Waals surface area contributed by atoms with Gasteiger partial charge in [-0.15, -0.1) is 11.3 Å². The summed E-state index contributed by atoms with van der Waals surface area (Å²) in [5.41, 5.74) is 8.44. The lowest BCUT2D eigenvalue weighted by molar-refractivity contribution is 0.0671. The SMILES string of the molecule is Cc1cc2sc(C(=O)N(CCO)C(C)C)c(N)c2c(C)n1. The summed E-state index contributed by atoms with van der Waals surface area (Å²) >= 11 is 1.39. The van der Waals surface area contributed by atoms with Crippen LogP contribution in [0.3, 0.4) is 0 Å². The minimum Gasteiger partial charge on any atom is -0.397 e. The maximum Gasteiger partial charge on any atom is 0.266 e. The van der Waals surface area contributed by atoms with Crippen molar-refractivity contribution >= 4 is 33.0 Å². The van der Waals surface area contributed by atoms with E-state index in [4.69, 9.17) is 10.8 Å². The van der Waals surface area contributed by atoms with E-state index in [1.807, 2.05) is 33.8 Å². The highest BCUT2D eigenvalue weighted by Crippen LogP contribution is 2.36. The number of nitrogen functional groups attached to an aromatic ring is 1. The number of thiophene rings is 1. The molecule has 0 unspecified atom stereocenters. The molecule has 0 aliphatic rings. The highest BCUT2D eigenvalue weighted by molar-refractivity contribution is 7.21. The number of anilines is 1. The fourth-order valence-electron chi connectivity index (χ4n) is 2.47. The Hall–Kier alpha value is -1.66. The lowest BCUT2D eigenvalue weighted by Crippen LogP contribution is -2.38. The van der Waals surface area contributed by atoms with E-state index in [0.29, 0.717) is 17.1 Å². The van der Waals surface area contributed by atoms with Gasteiger partial charge in [-0.25, -0.2) is 0 Å². The van der Waals surface area contributed by atoms with Crippen LogP contribution in [-0.4, -0.2) is 40.1 Å². The molecule has 21 heavy (non-hydrogen) atoms. The first-order valence-electron chi connectivity index (χ1n) is 6.94. The van der Waals surface area contributed by atoms with Crippen LogP contribution >= 0.6 is 11.3 Å². The van der Waals surface area contributed by atoms with Crippen LogP contribution in [0.15, 0.2) is 6.07 Å². The van der Waals surface area contributed by atoms with Crippen LogP contribution in [0.5, 0.6) is 0 Å². The Morgan fingerprint density at radius 2 is 2.14 bits per heavy atom. The van der Waals surface area contributed by atoms with Gasteiger partial charge >= 0.3 is 0 Å². The van der Waals surface area contributed by atoms with E-state index in [9.17, 15) is 4.79 Å². The van der Waals surface area contributed by atoms with Crippen molar-refractivity contribution in [2.24, 2.45) is 0 Å². The van der Waals surface area contributed by atoms with E-state index in [2.05, 4.69) is 4.98 Å². The van der Waals surface area contributed by atoms with Gasteiger partial charge in [0.1, 0.15) is 4.88 Å². The predicted molar refractivity (Wildman–Crippen MR) is 86.8 cm³/mol. The zero-order chi connectivity index (χ0) is 15.7. The summed E-state index contributed by atoms with van der Waals surface area (Å²) < 4.78 is 0.980. The van der Waals surface area contributed by atoms with Crippen molar-refractivity contribution in [3.05, 3.63) is 22.3 Å². The van der Waals surface area contributed by atoms with E-state index in [0.717, 1.165) is 21.5 Å². The molecule has 0 aromatic carbocycles. The van der Waals surface area contributed by atoms with Gasteiger partial charge in [-0.1, -0.05) is 0 Å². The number of carbonyl (C=O) groups excluding carboxylic acids is 1. The Balaban J connectivity index is 2.54. The molecule has 0 fully saturated rings. The van der Waals surface area contributed by atoms with Crippen LogP contribution in [-0.2, 0) is 0 Å². The maximum absolute atomic E-state index is 12.7. The number of pyridine rings is 1. The Labute approximate surface area is 128 Å². The van der Waals surface area contributed by atoms with Crippen molar-refractivity contribution in [1.29, 1.82) is 0 Å². The van der Waals surface area contributed by atoms with E-state index >= 15 is 0 Å². The third-order valence-electron chi connectivity index (χ3n) is 3.44. The van der Waals surface area contributed by atoms with Crippen molar-refractivity contribution in [3.8, 4) is 0 Å². The first-order chi connectivity index (χ1) is 9.86. The first kappa shape index (κ1) is 15.7. The van der Waals surface area contributed by atoms with Crippen molar-refractivity contribution in [3.63, 3.8) is 0 Å². The van der Waals surface area contributed by atoms with Gasteiger partial charge in [0, 0.05) is 34.1 Å². The number of nitrogens with zero attached hydrogens (tertiary/aromatic N) is 2. The van der Waals surface area contributed by atoms with Gasteiger partial charge in [-0.2, -0.15) is 0 Å². The summed E-state index contributed by atoms with van der Waals surface area (Å²) in [7, 11) is 0. The van der Waals surface area contributed by atoms with Crippen LogP contribution in [0.25, 0.3) is 10.1 Å². The van der Waals surface area contributed by atoms with Crippen LogP contribution in [0.2, 0.25) is 0 Å². The molecule has 1 amide bonds. The Morgan fingerprint density at radius 3 is 2.71 bits per heavy atom. The number of rotatable bonds is 4. The summed E-state index contributed by atoms with van der Waals surface area (Å²) in [6.45, 7) is 7.92. The van der Waals surface area contributed by atoms with Gasteiger partial charge < -0.3 is 15.7 Å². The van der Waals surface area contributed by atoms with Crippen LogP contribution in [0.4, 0.5) is 5.69 Å². The molecule has 114 valence electrons. The highest BCUT2D eigenvalue weighted by Gasteiger charge is 2.24. The van der Waals surface area contributed by atoms with Crippen molar-refractivity contribution < 1.29 is 9.90 Å². The molecule has 6 heteroatoms. The number of aliphatic hydroxyl groups is 1. The van der Waals surface area contributed by atoms with Crippen LogP contribution in [0.1, 0.15) is 34.9 Å². The summed E-state index contributed by atoms with van der Waals surface area (Å²) in [4.78, 5) is 19.3. The van der Waals surface area contributed by atoms with Gasteiger partial charge in [-0.3, -0.25) is 9.78 Å². The molecule has 2 rings (SSSR count). The normalized spacial score (nSPS) is 11.3. The van der Waals surface area contributed by atoms with Gasteiger partial charge in [0.15, 0.2) is 0 Å². The molecule has 3 N–H and O–H groups in total. The number of hydrogen-bond acceptors (Lipinski definition) is 5. The van der Waals surface area contributed by atoms with E-state index < -0.39 is 0 Å². The molecule has 0 aliphatic carbocycles. The van der Waals surface area contributed by atoms with Gasteiger partial charge in [0.2, 0.25) is 0 Å². The fraction of sp³-hybridized carbons (Fsp3) is 0.467. The molecular weight excluding hydrogens is 286 g/mol. The summed E-state index contributed by atoms with van der Waals surface area (Å²) in [5.74, 6) is -0.130. The number of hydrogen-bond donors (Lipinski definition) is 2. The largest absolute Gasteiger partial charge is 0.397 e. The molecule has 2 aromatic rings. The second kappa shape index (κ2) is 5.99. The van der Waals surface area contributed by atoms with Crippen molar-refractivity contribution in [2.45, 2.75) is 33.7 Å². The predicted octanol–water partition coefficient (Wildman–Crippen LogP) is 2.34. The van der Waals surface area contributed by atoms with Gasteiger partial charge in [-0.05, 0) is 33.8 Å². The Bertz CT molecular complexity index is 679. The Kier molecular flexibility index (Phi) is 4.49. The molecule has 0 saturated heterocycles. The van der Waals surface area contributed by atoms with E-state index in [-0.39, 0.29) is 18.6 Å². The van der Waals surface area contributed by atoms with E-state index in [1.165, 1.54) is 11.3 Å². The molecule has 0 radical (unpaired) electrons. The fourth-order valence-corrected chi connectivity index (χ4v) is 3.70. The third kappa shape index (κ3) is 2.87. The first-order valence-corrected chi connectivity index (χ1v) is 7.76. The molecular formula is C15H21N3O2S. The number of aryl methyl sites for hydroxylation is 2. The molecule has 0 bridgehead atoms. The highest BCUT2D eigenvalue weighted by atomic mass is 32.1. The van der Waals surface area contributed by atoms with Crippen molar-refractivity contribution in [2.75, 3.05) is 18.9 Å². The molecule has 0 saturated carbocycles. The summed E-state index contributed by atoms with van der Waals surface area (Å²) in [6.07, 6.45) is 0. The van der Waals surface area contributed by atoms with E-state index in [1.54, 1.807) is 4.90 Å². The third-order valence-corrected chi connectivity index (χ3v) is 4.58. The molecule has 2 heterocycles. The quantitative estimate of drug-likeness (QED) is 0.908. The number of aromatic nitrogens is 1. The van der Waals surface area contributed by atoms with Gasteiger partial charge in [0.05, 0.1) is 12.3 Å². The Morgan fingerprint density at radius 1 is 1.48 bits per heavy atom. The monoisotopic (exact) mass is 307 g/mol. The van der Waals surface area contributed by atoms with Gasteiger partial charge in [0.25, 0.3) is 5.91 Å². The standard InChI is InChI=1S/C15H21N3O2S/c1-8(2)18(5-6-19)15(20)14-13(16)12-10(4)17-9(3)7-11(12)21-14/h7-8,19H,5-6,16H2,1-4H3. The van der Waals surface area contributed by atoms with Crippen LogP contribution in [0, 0.1) is 13.8 Å². The molecule has 0 spiro atoms. The zero-order valence-corrected chi connectivity index (χ0v) is 13.6. The zero-order valence-electron chi connectivity index (χ0n) is 12.8. The van der Waals surface area contributed by atoms with Crippen LogP contribution < -0.4 is 5.73 Å². The molecule has 0 aliphatic heterocycles. The molecule has 5 nitrogen and oxygen atoms in total. The number of amides is 1. The summed E-state index contributed by atoms with van der Waals surface area (Å²) in [5, 5.41) is 10.0. The maximum atomic E-state index is 12.7. The summed E-state index contributed by atoms with van der Waals surface area (Å²) in [6, 6.07) is 1.96. The average Bonchev–Trinajstić information content (AvgIpc) is 2.72. The average molecular weight is 307 g/mol. The number of fused-ring (bicyclic) bond motifs is 1. The minimum absolute atomic E-state index is 0.00946. The van der Waals surface area contributed by atoms with Crippen molar-refractivity contribution in [1.82, 2.24) is 9.88 Å². The number of aliphatic hydroxyl groups excluding tert-OH is 1. The number of nitrogens with two attached hydrogens (primary N) is 1. The topological polar surface area (TPSA) is 79.5 Å². The lowest BCUT2D eigenvalue weighted by atomic mass is 10.2. The smallest absolute Gasteiger partial charge is 0.266 e. The second-order valence-corrected chi connectivity index (χ2v) is 6.44. The molecule has 2 aromatic heterocycles. The molecule has 0 atom stereocenters. The lowest BCUT2D eigenvalue weighted by Gasteiger charge is -2.25. The number of carbonyl (C=O) groups is 1. The second-order valence-electron chi connectivity index (χ2n) is 5.38.